The summed E-state index contributed by atoms with van der Waals surface area (Å²) in [4.78, 5) is 24.4. The average molecular weight is 540 g/mol. The van der Waals surface area contributed by atoms with E-state index < -0.39 is 15.6 Å². The molecule has 8 nitrogen and oxygen atoms in total. The van der Waals surface area contributed by atoms with Gasteiger partial charge in [0.05, 0.1) is 5.75 Å². The highest BCUT2D eigenvalue weighted by molar-refractivity contribution is 7.89. The summed E-state index contributed by atoms with van der Waals surface area (Å²) in [6.45, 7) is 7.06. The number of aliphatic imine (C=N–C) groups is 2. The molecule has 1 aliphatic carbocycles. The molecule has 1 saturated heterocycles. The third-order valence-corrected chi connectivity index (χ3v) is 10.9. The quantitative estimate of drug-likeness (QED) is 0.589. The maximum Gasteiger partial charge on any atom is 0.253 e. The summed E-state index contributed by atoms with van der Waals surface area (Å²) in [5.74, 6) is 2.93. The molecule has 0 radical (unpaired) electrons. The van der Waals surface area contributed by atoms with Crippen LogP contribution in [0, 0.1) is 25.7 Å². The van der Waals surface area contributed by atoms with Gasteiger partial charge in [0.2, 0.25) is 10.0 Å². The molecule has 1 saturated carbocycles. The molecular formula is C29H41N5O3S. The Bertz CT molecular complexity index is 1260. The number of carbonyl (C=O) groups is 1. The molecule has 206 valence electrons. The molecule has 1 aromatic rings. The van der Waals surface area contributed by atoms with Gasteiger partial charge in [0.25, 0.3) is 5.91 Å². The van der Waals surface area contributed by atoms with E-state index in [4.69, 9.17) is 4.99 Å². The first-order valence-corrected chi connectivity index (χ1v) is 15.6. The van der Waals surface area contributed by atoms with Gasteiger partial charge in [-0.15, -0.1) is 0 Å². The lowest BCUT2D eigenvalue weighted by molar-refractivity contribution is -0.125. The van der Waals surface area contributed by atoms with Crippen LogP contribution in [0.3, 0.4) is 0 Å². The van der Waals surface area contributed by atoms with Crippen molar-refractivity contribution >= 4 is 33.3 Å². The number of hydrogen-bond acceptors (Lipinski definition) is 6. The normalized spacial score (nSPS) is 25.4. The summed E-state index contributed by atoms with van der Waals surface area (Å²) in [6.07, 6.45) is 10.5. The Hall–Kier alpha value is -2.52. The van der Waals surface area contributed by atoms with Crippen LogP contribution in [-0.2, 0) is 21.2 Å². The van der Waals surface area contributed by atoms with Crippen molar-refractivity contribution in [3.8, 4) is 0 Å². The average Bonchev–Trinajstić information content (AvgIpc) is 3.53. The van der Waals surface area contributed by atoms with Crippen LogP contribution in [0.25, 0.3) is 0 Å². The van der Waals surface area contributed by atoms with Crippen molar-refractivity contribution in [3.05, 3.63) is 41.1 Å². The van der Waals surface area contributed by atoms with Crippen molar-refractivity contribution in [3.63, 3.8) is 0 Å². The predicted molar refractivity (Wildman–Crippen MR) is 153 cm³/mol. The van der Waals surface area contributed by atoms with Gasteiger partial charge in [0, 0.05) is 44.4 Å². The summed E-state index contributed by atoms with van der Waals surface area (Å²) in [5, 5.41) is 3.07. The van der Waals surface area contributed by atoms with E-state index >= 15 is 0 Å². The number of sulfonamides is 1. The lowest BCUT2D eigenvalue weighted by Crippen LogP contribution is -2.51. The molecule has 1 spiro atoms. The second kappa shape index (κ2) is 10.6. The first-order chi connectivity index (χ1) is 18.1. The van der Waals surface area contributed by atoms with Crippen LogP contribution in [0.1, 0.15) is 68.6 Å². The Morgan fingerprint density at radius 3 is 2.37 bits per heavy atom. The van der Waals surface area contributed by atoms with Crippen LogP contribution in [0.4, 0.5) is 5.69 Å². The molecule has 1 N–H and O–H groups in total. The SMILES string of the molecule is Cc1cc(N(C)C2=NC=CC2)cc(C)c1CCS(=O)(=O)N1CCC2(CC1)N=C(C1CCC(C)CC1)NC2=O. The van der Waals surface area contributed by atoms with Gasteiger partial charge < -0.3 is 10.2 Å². The summed E-state index contributed by atoms with van der Waals surface area (Å²) in [7, 11) is -1.43. The number of carbonyl (C=O) groups excluding carboxylic acids is 1. The summed E-state index contributed by atoms with van der Waals surface area (Å²) >= 11 is 0. The van der Waals surface area contributed by atoms with Gasteiger partial charge >= 0.3 is 0 Å². The van der Waals surface area contributed by atoms with Crippen LogP contribution in [0.5, 0.6) is 0 Å². The molecule has 0 bridgehead atoms. The highest BCUT2D eigenvalue weighted by Gasteiger charge is 2.48. The van der Waals surface area contributed by atoms with Crippen LogP contribution in [0.15, 0.2) is 34.4 Å². The number of nitrogens with zero attached hydrogens (tertiary/aromatic N) is 4. The maximum absolute atomic E-state index is 13.3. The number of piperidine rings is 1. The summed E-state index contributed by atoms with van der Waals surface area (Å²) < 4.78 is 28.2. The van der Waals surface area contributed by atoms with E-state index in [1.165, 1.54) is 12.8 Å². The van der Waals surface area contributed by atoms with Crippen LogP contribution in [0.2, 0.25) is 0 Å². The fourth-order valence-corrected chi connectivity index (χ4v) is 7.84. The van der Waals surface area contributed by atoms with Gasteiger partial charge in [-0.3, -0.25) is 9.79 Å². The maximum atomic E-state index is 13.3. The molecular weight excluding hydrogens is 498 g/mol. The van der Waals surface area contributed by atoms with Crippen LogP contribution < -0.4 is 10.2 Å². The lowest BCUT2D eigenvalue weighted by Gasteiger charge is -2.34. The van der Waals surface area contributed by atoms with Gasteiger partial charge in [-0.25, -0.2) is 17.7 Å². The van der Waals surface area contributed by atoms with Crippen molar-refractivity contribution in [2.75, 3.05) is 30.8 Å². The fourth-order valence-electron chi connectivity index (χ4n) is 6.38. The monoisotopic (exact) mass is 539 g/mol. The van der Waals surface area contributed by atoms with E-state index in [0.29, 0.717) is 38.3 Å². The zero-order chi connectivity index (χ0) is 27.1. The number of amides is 1. The largest absolute Gasteiger partial charge is 0.333 e. The highest BCUT2D eigenvalue weighted by Crippen LogP contribution is 2.36. The number of benzene rings is 1. The first kappa shape index (κ1) is 27.1. The third kappa shape index (κ3) is 5.32. The molecule has 0 atom stereocenters. The number of hydrogen-bond donors (Lipinski definition) is 1. The Labute approximate surface area is 227 Å². The minimum Gasteiger partial charge on any atom is -0.333 e. The molecule has 9 heteroatoms. The standard InChI is InChI=1S/C29H41N5O3S/c1-20-7-9-23(10-8-20)27-31-28(35)29(32-27)12-15-34(16-13-29)38(36,37)17-11-25-21(2)18-24(19-22(25)3)33(4)26-6-5-14-30-26/h5,14,18-20,23H,6-13,15-17H2,1-4H3,(H,31,32,35). The lowest BCUT2D eigenvalue weighted by atomic mass is 9.82. The van der Waals surface area contributed by atoms with Gasteiger partial charge in [-0.05, 0) is 80.7 Å². The van der Waals surface area contributed by atoms with Gasteiger partial charge in [-0.2, -0.15) is 0 Å². The minimum absolute atomic E-state index is 0.0428. The smallest absolute Gasteiger partial charge is 0.253 e. The summed E-state index contributed by atoms with van der Waals surface area (Å²) in [5.41, 5.74) is 3.53. The van der Waals surface area contributed by atoms with Gasteiger partial charge in [0.15, 0.2) is 0 Å². The van der Waals surface area contributed by atoms with Gasteiger partial charge in [-0.1, -0.05) is 25.8 Å². The second-order valence-corrected chi connectivity index (χ2v) is 13.7. The molecule has 38 heavy (non-hydrogen) atoms. The number of aryl methyl sites for hydroxylation is 2. The van der Waals surface area contributed by atoms with Crippen molar-refractivity contribution in [1.29, 1.82) is 0 Å². The van der Waals surface area contributed by atoms with Crippen LogP contribution in [-0.4, -0.2) is 61.7 Å². The Balaban J connectivity index is 1.20. The van der Waals surface area contributed by atoms with Crippen molar-refractivity contribution in [1.82, 2.24) is 9.62 Å². The Kier molecular flexibility index (Phi) is 7.52. The molecule has 1 aromatic carbocycles. The molecule has 4 aliphatic rings. The van der Waals surface area contributed by atoms with Crippen molar-refractivity contribution in [2.45, 2.75) is 77.7 Å². The third-order valence-electron chi connectivity index (χ3n) is 9.04. The molecule has 3 heterocycles. The topological polar surface area (TPSA) is 94.4 Å². The minimum atomic E-state index is -3.44. The van der Waals surface area contributed by atoms with E-state index in [1.807, 2.05) is 33.2 Å². The Morgan fingerprint density at radius 1 is 1.11 bits per heavy atom. The van der Waals surface area contributed by atoms with Crippen molar-refractivity contribution in [2.24, 2.45) is 21.8 Å². The van der Waals surface area contributed by atoms with E-state index in [0.717, 1.165) is 59.2 Å². The molecule has 3 aliphatic heterocycles. The number of amidine groups is 2. The molecule has 0 unspecified atom stereocenters. The number of rotatable bonds is 6. The zero-order valence-corrected chi connectivity index (χ0v) is 24.0. The zero-order valence-electron chi connectivity index (χ0n) is 23.2. The number of nitrogens with one attached hydrogen (secondary N) is 1. The number of anilines is 1. The second-order valence-electron chi connectivity index (χ2n) is 11.7. The van der Waals surface area contributed by atoms with Crippen molar-refractivity contribution < 1.29 is 13.2 Å². The highest BCUT2D eigenvalue weighted by atomic mass is 32.2. The summed E-state index contributed by atoms with van der Waals surface area (Å²) in [6, 6.07) is 4.23. The molecule has 0 aromatic heterocycles. The van der Waals surface area contributed by atoms with Crippen LogP contribution >= 0.6 is 0 Å². The van der Waals surface area contributed by atoms with E-state index in [2.05, 4.69) is 34.3 Å². The molecule has 5 rings (SSSR count). The first-order valence-electron chi connectivity index (χ1n) is 14.0. The van der Waals surface area contributed by atoms with E-state index in [9.17, 15) is 13.2 Å². The van der Waals surface area contributed by atoms with Gasteiger partial charge in [0.1, 0.15) is 17.2 Å². The Morgan fingerprint density at radius 2 is 1.76 bits per heavy atom. The molecule has 1 amide bonds. The predicted octanol–water partition coefficient (Wildman–Crippen LogP) is 4.12. The fraction of sp³-hybridized carbons (Fsp3) is 0.621. The van der Waals surface area contributed by atoms with E-state index in [1.54, 1.807) is 4.31 Å². The van der Waals surface area contributed by atoms with E-state index in [-0.39, 0.29) is 11.7 Å². The molecule has 2 fully saturated rings.